The van der Waals surface area contributed by atoms with Crippen LogP contribution >= 0.6 is 0 Å². The van der Waals surface area contributed by atoms with Crippen molar-refractivity contribution in [1.82, 2.24) is 0 Å². The molecule has 110 valence electrons. The molecule has 4 atom stereocenters. The van der Waals surface area contributed by atoms with Gasteiger partial charge in [0.05, 0.1) is 13.6 Å². The highest BCUT2D eigenvalue weighted by molar-refractivity contribution is 5.26. The average molecular weight is 282 g/mol. The molecule has 0 saturated carbocycles. The average Bonchev–Trinajstić information content (AvgIpc) is 2.53. The van der Waals surface area contributed by atoms with Crippen LogP contribution in [-0.2, 0) is 5.60 Å². The molecule has 1 aliphatic heterocycles. The lowest BCUT2D eigenvalue weighted by Crippen LogP contribution is -3.12. The van der Waals surface area contributed by atoms with Crippen molar-refractivity contribution < 1.29 is 10.0 Å². The summed E-state index contributed by atoms with van der Waals surface area (Å²) in [5.41, 5.74) is 1.63. The van der Waals surface area contributed by atoms with Gasteiger partial charge in [0, 0.05) is 17.9 Å². The maximum Gasteiger partial charge on any atom is 0.119 e. The Bertz CT molecular complexity index is 583. The molecule has 0 aliphatic carbocycles. The summed E-state index contributed by atoms with van der Waals surface area (Å²) in [6.07, 6.45) is 0.813. The van der Waals surface area contributed by atoms with Crippen LogP contribution in [0.3, 0.4) is 0 Å². The van der Waals surface area contributed by atoms with Gasteiger partial charge in [-0.15, -0.1) is 0 Å². The first-order chi connectivity index (χ1) is 10.1. The lowest BCUT2D eigenvalue weighted by Gasteiger charge is -2.45. The van der Waals surface area contributed by atoms with E-state index in [0.717, 1.165) is 18.5 Å². The quantitative estimate of drug-likeness (QED) is 0.867. The van der Waals surface area contributed by atoms with Crippen molar-refractivity contribution in [2.45, 2.75) is 25.0 Å². The molecule has 3 rings (SSSR count). The van der Waals surface area contributed by atoms with Crippen LogP contribution in [0.25, 0.3) is 0 Å². The third kappa shape index (κ3) is 2.50. The summed E-state index contributed by atoms with van der Waals surface area (Å²) >= 11 is 0. The first-order valence-electron chi connectivity index (χ1n) is 7.78. The van der Waals surface area contributed by atoms with Crippen molar-refractivity contribution in [3.8, 4) is 0 Å². The van der Waals surface area contributed by atoms with Gasteiger partial charge in [0.15, 0.2) is 0 Å². The van der Waals surface area contributed by atoms with E-state index >= 15 is 0 Å². The van der Waals surface area contributed by atoms with E-state index in [4.69, 9.17) is 0 Å². The van der Waals surface area contributed by atoms with Crippen molar-refractivity contribution >= 4 is 0 Å². The van der Waals surface area contributed by atoms with Crippen LogP contribution in [0.4, 0.5) is 0 Å². The number of hydrogen-bond donors (Lipinski definition) is 2. The molecule has 1 aliphatic rings. The van der Waals surface area contributed by atoms with Gasteiger partial charge in [-0.3, -0.25) is 0 Å². The standard InChI is InChI=1S/C19H23NO/c1-15-18(16-9-5-3-6-10-16)20(2)14-13-19(15,21)17-11-7-4-8-12-17/h3-12,15,18,21H,13-14H2,1-2H3/p+1/t15-,18+,19-/m1/s1. The molecule has 2 nitrogen and oxygen atoms in total. The molecule has 1 heterocycles. The number of likely N-dealkylation sites (tertiary alicyclic amines) is 1. The van der Waals surface area contributed by atoms with Gasteiger partial charge in [0.25, 0.3) is 0 Å². The first kappa shape index (κ1) is 14.3. The summed E-state index contributed by atoms with van der Waals surface area (Å²) in [7, 11) is 2.23. The van der Waals surface area contributed by atoms with Crippen LogP contribution in [-0.4, -0.2) is 18.7 Å². The van der Waals surface area contributed by atoms with E-state index in [0.29, 0.717) is 6.04 Å². The normalized spacial score (nSPS) is 32.8. The van der Waals surface area contributed by atoms with E-state index in [-0.39, 0.29) is 5.92 Å². The number of aliphatic hydroxyl groups is 1. The zero-order chi connectivity index (χ0) is 14.9. The second kappa shape index (κ2) is 5.63. The summed E-state index contributed by atoms with van der Waals surface area (Å²) < 4.78 is 0. The van der Waals surface area contributed by atoms with Gasteiger partial charge in [-0.05, 0) is 5.56 Å². The van der Waals surface area contributed by atoms with E-state index in [1.54, 1.807) is 0 Å². The number of nitrogens with one attached hydrogen (secondary N) is 1. The van der Waals surface area contributed by atoms with Crippen LogP contribution in [0.5, 0.6) is 0 Å². The van der Waals surface area contributed by atoms with Crippen LogP contribution < -0.4 is 4.90 Å². The summed E-state index contributed by atoms with van der Waals surface area (Å²) in [6, 6.07) is 21.1. The second-order valence-corrected chi connectivity index (χ2v) is 6.31. The molecule has 2 heteroatoms. The van der Waals surface area contributed by atoms with Crippen LogP contribution in [0.1, 0.15) is 30.5 Å². The molecule has 2 aromatic rings. The molecule has 1 fully saturated rings. The van der Waals surface area contributed by atoms with Crippen LogP contribution in [0.15, 0.2) is 60.7 Å². The van der Waals surface area contributed by atoms with E-state index in [1.807, 2.05) is 18.2 Å². The SMILES string of the molecule is C[C@@H]1[C@@H](c2ccccc2)[NH+](C)CC[C@]1(O)c1ccccc1. The first-order valence-corrected chi connectivity index (χ1v) is 7.78. The zero-order valence-electron chi connectivity index (χ0n) is 12.8. The van der Waals surface area contributed by atoms with Crippen molar-refractivity contribution in [3.63, 3.8) is 0 Å². The largest absolute Gasteiger partial charge is 0.384 e. The monoisotopic (exact) mass is 282 g/mol. The Labute approximate surface area is 127 Å². The number of hydrogen-bond acceptors (Lipinski definition) is 1. The van der Waals surface area contributed by atoms with E-state index in [9.17, 15) is 5.11 Å². The minimum Gasteiger partial charge on any atom is -0.384 e. The fraction of sp³-hybridized carbons (Fsp3) is 0.368. The molecule has 1 saturated heterocycles. The topological polar surface area (TPSA) is 24.7 Å². The number of piperidine rings is 1. The van der Waals surface area contributed by atoms with Gasteiger partial charge >= 0.3 is 0 Å². The van der Waals surface area contributed by atoms with Crippen molar-refractivity contribution in [2.75, 3.05) is 13.6 Å². The van der Waals surface area contributed by atoms with E-state index in [2.05, 4.69) is 56.4 Å². The molecule has 21 heavy (non-hydrogen) atoms. The third-order valence-corrected chi connectivity index (χ3v) is 5.12. The van der Waals surface area contributed by atoms with Gasteiger partial charge in [0.1, 0.15) is 11.6 Å². The molecule has 0 aromatic heterocycles. The molecule has 2 N–H and O–H groups in total. The fourth-order valence-corrected chi connectivity index (χ4v) is 3.84. The van der Waals surface area contributed by atoms with Crippen molar-refractivity contribution in [2.24, 2.45) is 5.92 Å². The second-order valence-electron chi connectivity index (χ2n) is 6.31. The molecule has 0 amide bonds. The third-order valence-electron chi connectivity index (χ3n) is 5.12. The Morgan fingerprint density at radius 1 is 1.00 bits per heavy atom. The van der Waals surface area contributed by atoms with Gasteiger partial charge in [-0.25, -0.2) is 0 Å². The Balaban J connectivity index is 1.99. The van der Waals surface area contributed by atoms with Crippen LogP contribution in [0.2, 0.25) is 0 Å². The molecular formula is C19H24NO+. The molecule has 0 bridgehead atoms. The molecule has 0 spiro atoms. The number of quaternary nitrogens is 1. The highest BCUT2D eigenvalue weighted by Crippen LogP contribution is 2.40. The van der Waals surface area contributed by atoms with Crippen molar-refractivity contribution in [1.29, 1.82) is 0 Å². The predicted molar refractivity (Wildman–Crippen MR) is 85.1 cm³/mol. The fourth-order valence-electron chi connectivity index (χ4n) is 3.84. The summed E-state index contributed by atoms with van der Waals surface area (Å²) in [6.45, 7) is 3.17. The Kier molecular flexibility index (Phi) is 3.83. The van der Waals surface area contributed by atoms with Gasteiger partial charge in [-0.2, -0.15) is 0 Å². The Morgan fingerprint density at radius 2 is 1.57 bits per heavy atom. The minimum absolute atomic E-state index is 0.177. The van der Waals surface area contributed by atoms with Crippen LogP contribution in [0, 0.1) is 5.92 Å². The van der Waals surface area contributed by atoms with Gasteiger partial charge < -0.3 is 10.0 Å². The van der Waals surface area contributed by atoms with Gasteiger partial charge in [-0.1, -0.05) is 67.6 Å². The summed E-state index contributed by atoms with van der Waals surface area (Å²) in [4.78, 5) is 1.48. The predicted octanol–water partition coefficient (Wildman–Crippen LogP) is 2.17. The smallest absolute Gasteiger partial charge is 0.119 e. The Morgan fingerprint density at radius 3 is 2.19 bits per heavy atom. The van der Waals surface area contributed by atoms with E-state index in [1.165, 1.54) is 10.5 Å². The van der Waals surface area contributed by atoms with Crippen molar-refractivity contribution in [3.05, 3.63) is 71.8 Å². The maximum atomic E-state index is 11.3. The highest BCUT2D eigenvalue weighted by Gasteiger charge is 2.48. The molecule has 1 unspecified atom stereocenters. The molecular weight excluding hydrogens is 258 g/mol. The molecule has 0 radical (unpaired) electrons. The van der Waals surface area contributed by atoms with E-state index < -0.39 is 5.60 Å². The summed E-state index contributed by atoms with van der Waals surface area (Å²) in [5.74, 6) is 0.177. The maximum absolute atomic E-state index is 11.3. The Hall–Kier alpha value is -1.64. The lowest BCUT2D eigenvalue weighted by molar-refractivity contribution is -0.926. The highest BCUT2D eigenvalue weighted by atomic mass is 16.3. The lowest BCUT2D eigenvalue weighted by atomic mass is 9.71. The number of benzene rings is 2. The zero-order valence-corrected chi connectivity index (χ0v) is 12.8. The number of rotatable bonds is 2. The molecule has 2 aromatic carbocycles. The van der Waals surface area contributed by atoms with Gasteiger partial charge in [0.2, 0.25) is 0 Å². The minimum atomic E-state index is -0.735. The summed E-state index contributed by atoms with van der Waals surface area (Å²) in [5, 5.41) is 11.3.